The van der Waals surface area contributed by atoms with E-state index in [0.717, 1.165) is 26.1 Å². The molecule has 0 aromatic rings. The van der Waals surface area contributed by atoms with Gasteiger partial charge in [0, 0.05) is 11.8 Å². The van der Waals surface area contributed by atoms with Gasteiger partial charge in [-0.1, -0.05) is 55.4 Å². The third-order valence-electron chi connectivity index (χ3n) is 7.67. The molecule has 0 aliphatic carbocycles. The van der Waals surface area contributed by atoms with E-state index < -0.39 is 0 Å². The van der Waals surface area contributed by atoms with E-state index in [-0.39, 0.29) is 23.4 Å². The molecule has 4 heteroatoms. The van der Waals surface area contributed by atoms with Crippen LogP contribution in [0.5, 0.6) is 0 Å². The van der Waals surface area contributed by atoms with Gasteiger partial charge in [0.2, 0.25) is 0 Å². The lowest BCUT2D eigenvalue weighted by Crippen LogP contribution is -2.40. The molecule has 4 bridgehead atoms. The molecule has 0 aromatic carbocycles. The summed E-state index contributed by atoms with van der Waals surface area (Å²) in [5.41, 5.74) is 0.0405. The Labute approximate surface area is 185 Å². The maximum absolute atomic E-state index is 6.21. The van der Waals surface area contributed by atoms with Crippen LogP contribution < -0.4 is 0 Å². The molecule has 0 amide bonds. The molecule has 0 radical (unpaired) electrons. The minimum absolute atomic E-state index is 0.0203. The van der Waals surface area contributed by atoms with E-state index in [2.05, 4.69) is 69.2 Å². The van der Waals surface area contributed by atoms with E-state index in [1.54, 1.807) is 0 Å². The molecule has 4 rings (SSSR count). The van der Waals surface area contributed by atoms with Gasteiger partial charge in [0.15, 0.2) is 0 Å². The van der Waals surface area contributed by atoms with E-state index >= 15 is 0 Å². The second-order valence-electron chi connectivity index (χ2n) is 12.1. The summed E-state index contributed by atoms with van der Waals surface area (Å²) in [5, 5.41) is 0. The van der Waals surface area contributed by atoms with Gasteiger partial charge in [-0.3, -0.25) is 0 Å². The average molecular weight is 425 g/mol. The van der Waals surface area contributed by atoms with Gasteiger partial charge in [-0.25, -0.2) is 0 Å². The van der Waals surface area contributed by atoms with Crippen molar-refractivity contribution in [3.8, 4) is 0 Å². The molecule has 8 atom stereocenters. The minimum Gasteiger partial charge on any atom is -0.372 e. The van der Waals surface area contributed by atoms with Gasteiger partial charge < -0.3 is 18.9 Å². The summed E-state index contributed by atoms with van der Waals surface area (Å²) in [6.07, 6.45) is 3.51. The number of hydrogen-bond acceptors (Lipinski definition) is 4. The van der Waals surface area contributed by atoms with Crippen LogP contribution >= 0.6 is 0 Å². The molecule has 30 heavy (non-hydrogen) atoms. The number of ether oxygens (including phenoxy) is 4. The molecule has 4 saturated heterocycles. The Morgan fingerprint density at radius 2 is 0.967 bits per heavy atom. The topological polar surface area (TPSA) is 36.9 Å². The summed E-state index contributed by atoms with van der Waals surface area (Å²) in [6, 6.07) is 0. The van der Waals surface area contributed by atoms with E-state index in [1.807, 2.05) is 0 Å². The highest BCUT2D eigenvalue weighted by Gasteiger charge is 2.61. The van der Waals surface area contributed by atoms with Crippen LogP contribution in [0.25, 0.3) is 0 Å². The summed E-state index contributed by atoms with van der Waals surface area (Å²) in [6.45, 7) is 24.2. The second-order valence-corrected chi connectivity index (χ2v) is 12.1. The zero-order valence-electron chi connectivity index (χ0n) is 21.2. The quantitative estimate of drug-likeness (QED) is 0.546. The monoisotopic (exact) mass is 424 g/mol. The first kappa shape index (κ1) is 24.5. The van der Waals surface area contributed by atoms with Gasteiger partial charge in [-0.2, -0.15) is 0 Å². The zero-order valence-corrected chi connectivity index (χ0v) is 21.2. The van der Waals surface area contributed by atoms with Crippen LogP contribution in [0, 0.1) is 35.5 Å². The molecule has 4 fully saturated rings. The van der Waals surface area contributed by atoms with Crippen molar-refractivity contribution >= 4 is 0 Å². The highest BCUT2D eigenvalue weighted by atomic mass is 16.6. The van der Waals surface area contributed by atoms with E-state index in [0.29, 0.717) is 47.7 Å². The van der Waals surface area contributed by atoms with Crippen LogP contribution in [-0.2, 0) is 18.9 Å². The predicted molar refractivity (Wildman–Crippen MR) is 122 cm³/mol. The summed E-state index contributed by atoms with van der Waals surface area (Å²) in [7, 11) is 0. The van der Waals surface area contributed by atoms with Crippen molar-refractivity contribution in [3.63, 3.8) is 0 Å². The maximum atomic E-state index is 6.21. The standard InChI is InChI=1S/2C13H24O2/c2*1-8(2)6-13-7-14-12(10(5)15-13)11(13)9(3)4/h2*8-12H,6-7H2,1-5H3. The second kappa shape index (κ2) is 9.00. The zero-order chi connectivity index (χ0) is 22.4. The Hall–Kier alpha value is -0.160. The van der Waals surface area contributed by atoms with Crippen molar-refractivity contribution < 1.29 is 18.9 Å². The largest absolute Gasteiger partial charge is 0.372 e. The van der Waals surface area contributed by atoms with E-state index in [1.165, 1.54) is 0 Å². The molecule has 4 aliphatic rings. The van der Waals surface area contributed by atoms with Gasteiger partial charge in [-0.15, -0.1) is 0 Å². The van der Waals surface area contributed by atoms with Crippen molar-refractivity contribution in [2.24, 2.45) is 35.5 Å². The molecule has 4 aliphatic heterocycles. The molecule has 0 aromatic heterocycles. The van der Waals surface area contributed by atoms with Gasteiger partial charge >= 0.3 is 0 Å². The highest BCUT2D eigenvalue weighted by Crippen LogP contribution is 2.52. The van der Waals surface area contributed by atoms with Crippen LogP contribution in [0.4, 0.5) is 0 Å². The van der Waals surface area contributed by atoms with E-state index in [4.69, 9.17) is 18.9 Å². The van der Waals surface area contributed by atoms with E-state index in [9.17, 15) is 0 Å². The third kappa shape index (κ3) is 4.36. The summed E-state index contributed by atoms with van der Waals surface area (Å²) in [5.74, 6) is 3.85. The number of hydrogen-bond donors (Lipinski definition) is 0. The first-order valence-electron chi connectivity index (χ1n) is 12.5. The Kier molecular flexibility index (Phi) is 7.34. The Bertz CT molecular complexity index is 523. The molecule has 176 valence electrons. The normalized spacial score (nSPS) is 44.6. The molecular formula is C26H48O4. The fraction of sp³-hybridized carbons (Fsp3) is 1.00. The fourth-order valence-electron chi connectivity index (χ4n) is 7.27. The SMILES string of the molecule is CC(C)CC12COC(C(C)O1)C2C(C)C.CC(C)CC12COC(C(C)O1)C2C(C)C. The third-order valence-corrected chi connectivity index (χ3v) is 7.67. The van der Waals surface area contributed by atoms with Crippen LogP contribution in [-0.4, -0.2) is 48.8 Å². The fourth-order valence-corrected chi connectivity index (χ4v) is 7.27. The van der Waals surface area contributed by atoms with Crippen molar-refractivity contribution in [2.75, 3.05) is 13.2 Å². The van der Waals surface area contributed by atoms with Crippen LogP contribution in [0.15, 0.2) is 0 Å². The van der Waals surface area contributed by atoms with Crippen LogP contribution in [0.2, 0.25) is 0 Å². The van der Waals surface area contributed by atoms with Gasteiger partial charge in [0.05, 0.1) is 48.8 Å². The lowest BCUT2D eigenvalue weighted by Gasteiger charge is -2.34. The van der Waals surface area contributed by atoms with Crippen molar-refractivity contribution in [1.29, 1.82) is 0 Å². The first-order valence-corrected chi connectivity index (χ1v) is 12.5. The molecule has 4 heterocycles. The summed E-state index contributed by atoms with van der Waals surface area (Å²) in [4.78, 5) is 0. The molecular weight excluding hydrogens is 376 g/mol. The van der Waals surface area contributed by atoms with Gasteiger partial charge in [0.1, 0.15) is 0 Å². The Balaban J connectivity index is 0.000000171. The van der Waals surface area contributed by atoms with Gasteiger partial charge in [0.25, 0.3) is 0 Å². The average Bonchev–Trinajstić information content (AvgIpc) is 3.26. The molecule has 0 N–H and O–H groups in total. The highest BCUT2D eigenvalue weighted by molar-refractivity contribution is 5.08. The Morgan fingerprint density at radius 1 is 0.633 bits per heavy atom. The van der Waals surface area contributed by atoms with Crippen LogP contribution in [0.3, 0.4) is 0 Å². The van der Waals surface area contributed by atoms with Crippen molar-refractivity contribution in [1.82, 2.24) is 0 Å². The van der Waals surface area contributed by atoms with Gasteiger partial charge in [-0.05, 0) is 50.4 Å². The molecule has 0 spiro atoms. The maximum Gasteiger partial charge on any atom is 0.0978 e. The first-order chi connectivity index (χ1) is 13.9. The predicted octanol–water partition coefficient (Wildman–Crippen LogP) is 5.72. The molecule has 8 unspecified atom stereocenters. The Morgan fingerprint density at radius 3 is 1.20 bits per heavy atom. The lowest BCUT2D eigenvalue weighted by molar-refractivity contribution is -0.143. The van der Waals surface area contributed by atoms with Crippen LogP contribution in [0.1, 0.15) is 82.1 Å². The van der Waals surface area contributed by atoms with Crippen molar-refractivity contribution in [3.05, 3.63) is 0 Å². The van der Waals surface area contributed by atoms with Crippen molar-refractivity contribution in [2.45, 2.75) is 118 Å². The minimum atomic E-state index is 0.0203. The summed E-state index contributed by atoms with van der Waals surface area (Å²) < 4.78 is 24.2. The molecule has 4 nitrogen and oxygen atoms in total. The lowest BCUT2D eigenvalue weighted by atomic mass is 9.76. The number of fused-ring (bicyclic) bond motifs is 4. The molecule has 0 saturated carbocycles. The number of rotatable bonds is 6. The smallest absolute Gasteiger partial charge is 0.0978 e. The summed E-state index contributed by atoms with van der Waals surface area (Å²) >= 11 is 0.